The van der Waals surface area contributed by atoms with Gasteiger partial charge in [-0.15, -0.1) is 0 Å². The topological polar surface area (TPSA) is 57.1 Å². The van der Waals surface area contributed by atoms with Gasteiger partial charge in [0.1, 0.15) is 5.71 Å². The lowest BCUT2D eigenvalue weighted by molar-refractivity contribution is -0.136. The van der Waals surface area contributed by atoms with Gasteiger partial charge in [-0.25, -0.2) is 4.79 Å². The standard InChI is InChI=1S/C18H13Cl2NO4/c1-23-15-6-4-11(8-16(15)24-2)17-13(18(22)25-21-17)7-10-3-5-12(19)9-14(10)20/h3-9H,1-2H3. The largest absolute Gasteiger partial charge is 0.493 e. The Morgan fingerprint density at radius 1 is 1.04 bits per heavy atom. The molecule has 2 aromatic carbocycles. The molecule has 0 N–H and O–H groups in total. The zero-order valence-corrected chi connectivity index (χ0v) is 14.9. The monoisotopic (exact) mass is 377 g/mol. The number of carbonyl (C=O) groups is 1. The van der Waals surface area contributed by atoms with E-state index in [1.807, 2.05) is 0 Å². The summed E-state index contributed by atoms with van der Waals surface area (Å²) >= 11 is 12.1. The highest BCUT2D eigenvalue weighted by Gasteiger charge is 2.27. The highest BCUT2D eigenvalue weighted by atomic mass is 35.5. The highest BCUT2D eigenvalue weighted by molar-refractivity contribution is 6.36. The Balaban J connectivity index is 2.04. The van der Waals surface area contributed by atoms with Crippen molar-refractivity contribution < 1.29 is 19.1 Å². The van der Waals surface area contributed by atoms with E-state index in [4.69, 9.17) is 37.5 Å². The van der Waals surface area contributed by atoms with Crippen molar-refractivity contribution >= 4 is 41.0 Å². The van der Waals surface area contributed by atoms with E-state index in [-0.39, 0.29) is 5.57 Å². The summed E-state index contributed by atoms with van der Waals surface area (Å²) in [5, 5.41) is 4.81. The van der Waals surface area contributed by atoms with E-state index in [1.54, 1.807) is 49.6 Å². The maximum Gasteiger partial charge on any atom is 0.368 e. The van der Waals surface area contributed by atoms with Crippen LogP contribution in [-0.2, 0) is 9.63 Å². The number of carbonyl (C=O) groups excluding carboxylic acids is 1. The molecule has 7 heteroatoms. The zero-order chi connectivity index (χ0) is 18.0. The lowest BCUT2D eigenvalue weighted by Crippen LogP contribution is -2.07. The molecule has 0 aliphatic carbocycles. The third-order valence-electron chi connectivity index (χ3n) is 3.61. The first-order chi connectivity index (χ1) is 12.0. The van der Waals surface area contributed by atoms with Gasteiger partial charge in [0.2, 0.25) is 0 Å². The van der Waals surface area contributed by atoms with E-state index in [1.165, 1.54) is 7.11 Å². The van der Waals surface area contributed by atoms with Crippen LogP contribution in [0.2, 0.25) is 10.0 Å². The fourth-order valence-electron chi connectivity index (χ4n) is 2.38. The summed E-state index contributed by atoms with van der Waals surface area (Å²) in [6.07, 6.45) is 1.61. The maximum absolute atomic E-state index is 12.1. The van der Waals surface area contributed by atoms with Crippen LogP contribution in [0.5, 0.6) is 11.5 Å². The first-order valence-corrected chi connectivity index (χ1v) is 7.98. The van der Waals surface area contributed by atoms with Crippen molar-refractivity contribution in [3.8, 4) is 11.5 Å². The van der Waals surface area contributed by atoms with Crippen molar-refractivity contribution in [1.82, 2.24) is 0 Å². The molecular weight excluding hydrogens is 365 g/mol. The van der Waals surface area contributed by atoms with Crippen LogP contribution in [0, 0.1) is 0 Å². The molecule has 0 spiro atoms. The SMILES string of the molecule is COc1ccc(C2=NOC(=O)C2=Cc2ccc(Cl)cc2Cl)cc1OC. The van der Waals surface area contributed by atoms with Gasteiger partial charge >= 0.3 is 5.97 Å². The van der Waals surface area contributed by atoms with Crippen molar-refractivity contribution in [2.45, 2.75) is 0 Å². The number of methoxy groups -OCH3 is 2. The van der Waals surface area contributed by atoms with E-state index in [0.29, 0.717) is 38.4 Å². The average molecular weight is 378 g/mol. The van der Waals surface area contributed by atoms with Gasteiger partial charge in [0, 0.05) is 15.6 Å². The summed E-state index contributed by atoms with van der Waals surface area (Å²) in [5.74, 6) is 0.532. The summed E-state index contributed by atoms with van der Waals surface area (Å²) in [4.78, 5) is 16.9. The molecule has 2 aromatic rings. The molecule has 1 aliphatic rings. The molecule has 25 heavy (non-hydrogen) atoms. The van der Waals surface area contributed by atoms with Gasteiger partial charge in [0.05, 0.1) is 19.8 Å². The normalized spacial score (nSPS) is 15.1. The molecule has 128 valence electrons. The van der Waals surface area contributed by atoms with E-state index in [0.717, 1.165) is 0 Å². The fraction of sp³-hybridized carbons (Fsp3) is 0.111. The van der Waals surface area contributed by atoms with Crippen molar-refractivity contribution in [1.29, 1.82) is 0 Å². The van der Waals surface area contributed by atoms with Gasteiger partial charge in [-0.2, -0.15) is 0 Å². The third kappa shape index (κ3) is 3.48. The molecule has 0 saturated heterocycles. The summed E-state index contributed by atoms with van der Waals surface area (Å²) in [5.41, 5.74) is 1.96. The second-order valence-corrected chi connectivity index (χ2v) is 5.96. The molecule has 5 nitrogen and oxygen atoms in total. The Kier molecular flexibility index (Phi) is 4.97. The van der Waals surface area contributed by atoms with E-state index < -0.39 is 5.97 Å². The number of rotatable bonds is 4. The van der Waals surface area contributed by atoms with Crippen LogP contribution in [0.4, 0.5) is 0 Å². The molecule has 1 aliphatic heterocycles. The van der Waals surface area contributed by atoms with Crippen molar-refractivity contribution in [2.24, 2.45) is 5.16 Å². The molecule has 0 aromatic heterocycles. The minimum atomic E-state index is -0.559. The molecule has 0 amide bonds. The summed E-state index contributed by atoms with van der Waals surface area (Å²) in [6.45, 7) is 0. The van der Waals surface area contributed by atoms with Crippen LogP contribution in [0.3, 0.4) is 0 Å². The Morgan fingerprint density at radius 3 is 2.48 bits per heavy atom. The van der Waals surface area contributed by atoms with Crippen molar-refractivity contribution in [2.75, 3.05) is 14.2 Å². The molecule has 0 unspecified atom stereocenters. The van der Waals surface area contributed by atoms with Gasteiger partial charge in [-0.3, -0.25) is 0 Å². The number of hydrogen-bond acceptors (Lipinski definition) is 5. The lowest BCUT2D eigenvalue weighted by Gasteiger charge is -2.09. The summed E-state index contributed by atoms with van der Waals surface area (Å²) in [6, 6.07) is 10.2. The van der Waals surface area contributed by atoms with E-state index in [9.17, 15) is 4.79 Å². The first-order valence-electron chi connectivity index (χ1n) is 7.22. The quantitative estimate of drug-likeness (QED) is 0.586. The number of hydrogen-bond donors (Lipinski definition) is 0. The average Bonchev–Trinajstić information content (AvgIpc) is 2.97. The van der Waals surface area contributed by atoms with Gasteiger partial charge < -0.3 is 14.3 Å². The minimum absolute atomic E-state index is 0.288. The molecule has 0 saturated carbocycles. The Morgan fingerprint density at radius 2 is 1.80 bits per heavy atom. The van der Waals surface area contributed by atoms with Crippen LogP contribution in [0.1, 0.15) is 11.1 Å². The van der Waals surface area contributed by atoms with Crippen LogP contribution >= 0.6 is 23.2 Å². The summed E-state index contributed by atoms with van der Waals surface area (Å²) in [7, 11) is 3.08. The number of oxime groups is 1. The van der Waals surface area contributed by atoms with Crippen molar-refractivity contribution in [3.05, 3.63) is 63.1 Å². The molecule has 0 fully saturated rings. The minimum Gasteiger partial charge on any atom is -0.493 e. The Bertz CT molecular complexity index is 906. The lowest BCUT2D eigenvalue weighted by atomic mass is 10.00. The maximum atomic E-state index is 12.1. The smallest absolute Gasteiger partial charge is 0.368 e. The van der Waals surface area contributed by atoms with Crippen LogP contribution < -0.4 is 9.47 Å². The molecular formula is C18H13Cl2NO4. The van der Waals surface area contributed by atoms with Crippen LogP contribution in [-0.4, -0.2) is 25.9 Å². The first kappa shape index (κ1) is 17.3. The van der Waals surface area contributed by atoms with Crippen molar-refractivity contribution in [3.63, 3.8) is 0 Å². The van der Waals surface area contributed by atoms with Gasteiger partial charge in [0.15, 0.2) is 11.5 Å². The summed E-state index contributed by atoms with van der Waals surface area (Å²) < 4.78 is 10.5. The third-order valence-corrected chi connectivity index (χ3v) is 4.18. The second-order valence-electron chi connectivity index (χ2n) is 5.11. The molecule has 0 bridgehead atoms. The van der Waals surface area contributed by atoms with Crippen LogP contribution in [0.25, 0.3) is 6.08 Å². The Labute approximate surface area is 154 Å². The van der Waals surface area contributed by atoms with E-state index >= 15 is 0 Å². The zero-order valence-electron chi connectivity index (χ0n) is 13.4. The number of halogens is 2. The Hall–Kier alpha value is -2.50. The van der Waals surface area contributed by atoms with Gasteiger partial charge in [0.25, 0.3) is 0 Å². The second kappa shape index (κ2) is 7.17. The number of nitrogens with zero attached hydrogens (tertiary/aromatic N) is 1. The predicted octanol–water partition coefficient (Wildman–Crippen LogP) is 4.36. The van der Waals surface area contributed by atoms with Crippen LogP contribution in [0.15, 0.2) is 47.1 Å². The van der Waals surface area contributed by atoms with Gasteiger partial charge in [-0.05, 0) is 42.0 Å². The fourth-order valence-corrected chi connectivity index (χ4v) is 2.84. The predicted molar refractivity (Wildman–Crippen MR) is 96.6 cm³/mol. The molecule has 0 radical (unpaired) electrons. The number of ether oxygens (including phenoxy) is 2. The molecule has 3 rings (SSSR count). The molecule has 1 heterocycles. The van der Waals surface area contributed by atoms with E-state index in [2.05, 4.69) is 5.16 Å². The highest BCUT2D eigenvalue weighted by Crippen LogP contribution is 2.31. The van der Waals surface area contributed by atoms with Gasteiger partial charge in [-0.1, -0.05) is 34.4 Å². The number of benzene rings is 2. The molecule has 0 atom stereocenters.